The number of thioether (sulfide) groups is 1. The number of hydrogen-bond acceptors (Lipinski definition) is 6. The van der Waals surface area contributed by atoms with Gasteiger partial charge < -0.3 is 9.72 Å². The molecule has 0 spiro atoms. The Morgan fingerprint density at radius 2 is 1.77 bits per heavy atom. The number of aromatic nitrogens is 4. The van der Waals surface area contributed by atoms with Crippen LogP contribution in [-0.4, -0.2) is 32.2 Å². The number of ether oxygens (including phenoxy) is 1. The Morgan fingerprint density at radius 3 is 2.53 bits per heavy atom. The lowest BCUT2D eigenvalue weighted by molar-refractivity contribution is 0.0937. The van der Waals surface area contributed by atoms with Crippen LogP contribution in [0.25, 0.3) is 21.8 Å². The van der Waals surface area contributed by atoms with Crippen molar-refractivity contribution in [3.05, 3.63) is 75.1 Å². The molecule has 0 saturated carbocycles. The Labute approximate surface area is 176 Å². The maximum atomic E-state index is 13.2. The number of nitrogens with one attached hydrogen (secondary N) is 1. The lowest BCUT2D eigenvalue weighted by Crippen LogP contribution is -2.28. The van der Waals surface area contributed by atoms with E-state index in [2.05, 4.69) is 9.97 Å². The van der Waals surface area contributed by atoms with Crippen molar-refractivity contribution in [1.82, 2.24) is 19.5 Å². The minimum Gasteiger partial charge on any atom is -0.376 e. The molecule has 5 rings (SSSR count). The van der Waals surface area contributed by atoms with E-state index in [4.69, 9.17) is 9.72 Å². The first-order valence-corrected chi connectivity index (χ1v) is 10.9. The molecule has 8 heteroatoms. The Bertz CT molecular complexity index is 1340. The van der Waals surface area contributed by atoms with E-state index in [0.29, 0.717) is 45.1 Å². The molecular formula is C22H20N4O3S. The van der Waals surface area contributed by atoms with E-state index in [1.807, 2.05) is 36.4 Å². The average molecular weight is 420 g/mol. The maximum absolute atomic E-state index is 13.2. The summed E-state index contributed by atoms with van der Waals surface area (Å²) in [5.41, 5.74) is 1.08. The van der Waals surface area contributed by atoms with Crippen LogP contribution in [0.1, 0.15) is 18.7 Å². The number of H-pyrrole nitrogens is 1. The van der Waals surface area contributed by atoms with Crippen LogP contribution in [0.15, 0.2) is 63.3 Å². The van der Waals surface area contributed by atoms with Crippen LogP contribution >= 0.6 is 11.8 Å². The number of para-hydroxylation sites is 2. The highest BCUT2D eigenvalue weighted by Crippen LogP contribution is 2.23. The summed E-state index contributed by atoms with van der Waals surface area (Å²) in [5, 5.41) is 1.76. The lowest BCUT2D eigenvalue weighted by atomic mass is 10.2. The zero-order chi connectivity index (χ0) is 20.5. The Morgan fingerprint density at radius 1 is 1.03 bits per heavy atom. The van der Waals surface area contributed by atoms with Crippen molar-refractivity contribution in [3.8, 4) is 0 Å². The summed E-state index contributed by atoms with van der Waals surface area (Å²) in [6.45, 7) is 1.20. The highest BCUT2D eigenvalue weighted by molar-refractivity contribution is 7.98. The van der Waals surface area contributed by atoms with Crippen molar-refractivity contribution >= 4 is 33.6 Å². The summed E-state index contributed by atoms with van der Waals surface area (Å²) < 4.78 is 7.45. The van der Waals surface area contributed by atoms with Crippen molar-refractivity contribution in [1.29, 1.82) is 0 Å². The van der Waals surface area contributed by atoms with Gasteiger partial charge in [0.25, 0.3) is 11.1 Å². The first-order chi connectivity index (χ1) is 14.7. The van der Waals surface area contributed by atoms with Crippen molar-refractivity contribution in [2.45, 2.75) is 36.4 Å². The molecule has 1 aliphatic rings. The molecule has 0 radical (unpaired) electrons. The summed E-state index contributed by atoms with van der Waals surface area (Å²) >= 11 is 1.39. The van der Waals surface area contributed by atoms with Crippen molar-refractivity contribution < 1.29 is 4.74 Å². The van der Waals surface area contributed by atoms with Crippen LogP contribution in [0.5, 0.6) is 0 Å². The van der Waals surface area contributed by atoms with Gasteiger partial charge in [-0.15, -0.1) is 0 Å². The smallest absolute Gasteiger partial charge is 0.262 e. The van der Waals surface area contributed by atoms with Gasteiger partial charge in [0.1, 0.15) is 5.82 Å². The molecule has 0 unspecified atom stereocenters. The molecule has 2 aromatic carbocycles. The van der Waals surface area contributed by atoms with Crippen molar-refractivity contribution in [2.24, 2.45) is 0 Å². The van der Waals surface area contributed by atoms with Crippen LogP contribution < -0.4 is 11.1 Å². The number of nitrogens with zero attached hydrogens (tertiary/aromatic N) is 3. The summed E-state index contributed by atoms with van der Waals surface area (Å²) in [7, 11) is 0. The molecule has 7 nitrogen and oxygen atoms in total. The van der Waals surface area contributed by atoms with Gasteiger partial charge in [-0.1, -0.05) is 36.0 Å². The molecule has 152 valence electrons. The first kappa shape index (κ1) is 19.0. The van der Waals surface area contributed by atoms with Gasteiger partial charge in [-0.2, -0.15) is 0 Å². The standard InChI is InChI=1S/C22H20N4O3S/c27-20-15-7-1-3-9-17(15)23-19(25-20)13-30-22-24-18-10-4-2-8-16(18)21(28)26(22)12-14-6-5-11-29-14/h1-4,7-10,14H,5-6,11-13H2,(H,23,25,27)/t14-/m0/s1. The summed E-state index contributed by atoms with van der Waals surface area (Å²) in [4.78, 5) is 37.6. The molecular weight excluding hydrogens is 400 g/mol. The van der Waals surface area contributed by atoms with Crippen molar-refractivity contribution in [3.63, 3.8) is 0 Å². The summed E-state index contributed by atoms with van der Waals surface area (Å²) in [5.74, 6) is 0.950. The number of rotatable bonds is 5. The fourth-order valence-corrected chi connectivity index (χ4v) is 4.63. The second-order valence-corrected chi connectivity index (χ2v) is 8.22. The van der Waals surface area contributed by atoms with Gasteiger partial charge in [0, 0.05) is 6.61 Å². The fraction of sp³-hybridized carbons (Fsp3) is 0.273. The van der Waals surface area contributed by atoms with E-state index >= 15 is 0 Å². The number of hydrogen-bond donors (Lipinski definition) is 1. The highest BCUT2D eigenvalue weighted by atomic mass is 32.2. The van der Waals surface area contributed by atoms with E-state index in [0.717, 1.165) is 19.4 Å². The quantitative estimate of drug-likeness (QED) is 0.394. The van der Waals surface area contributed by atoms with Crippen LogP contribution in [0, 0.1) is 0 Å². The van der Waals surface area contributed by atoms with E-state index in [1.54, 1.807) is 16.7 Å². The SMILES string of the molecule is O=c1[nH]c(CSc2nc3ccccc3c(=O)n2C[C@@H]2CCCO2)nc2ccccc12. The fourth-order valence-electron chi connectivity index (χ4n) is 3.75. The van der Waals surface area contributed by atoms with Gasteiger partial charge >= 0.3 is 0 Å². The highest BCUT2D eigenvalue weighted by Gasteiger charge is 2.20. The number of fused-ring (bicyclic) bond motifs is 2. The molecule has 2 aromatic heterocycles. The van der Waals surface area contributed by atoms with Gasteiger partial charge in [-0.25, -0.2) is 9.97 Å². The molecule has 1 fully saturated rings. The molecule has 0 amide bonds. The minimum atomic E-state index is -0.167. The molecule has 1 atom stereocenters. The Kier molecular flexibility index (Phi) is 5.10. The molecule has 0 aliphatic carbocycles. The molecule has 1 N–H and O–H groups in total. The van der Waals surface area contributed by atoms with Crippen molar-refractivity contribution in [2.75, 3.05) is 6.61 Å². The Balaban J connectivity index is 1.51. The maximum Gasteiger partial charge on any atom is 0.262 e. The zero-order valence-electron chi connectivity index (χ0n) is 16.2. The molecule has 1 aliphatic heterocycles. The lowest BCUT2D eigenvalue weighted by Gasteiger charge is -2.16. The average Bonchev–Trinajstić information content (AvgIpc) is 3.28. The van der Waals surface area contributed by atoms with Gasteiger partial charge in [-0.05, 0) is 37.1 Å². The summed E-state index contributed by atoms with van der Waals surface area (Å²) in [6.07, 6.45) is 1.96. The second kappa shape index (κ2) is 8.04. The molecule has 4 aromatic rings. The van der Waals surface area contributed by atoms with Gasteiger partial charge in [0.2, 0.25) is 0 Å². The molecule has 1 saturated heterocycles. The van der Waals surface area contributed by atoms with Crippen LogP contribution in [0.4, 0.5) is 0 Å². The summed E-state index contributed by atoms with van der Waals surface area (Å²) in [6, 6.07) is 14.6. The monoisotopic (exact) mass is 420 g/mol. The topological polar surface area (TPSA) is 89.9 Å². The number of benzene rings is 2. The third-order valence-corrected chi connectivity index (χ3v) is 6.22. The second-order valence-electron chi connectivity index (χ2n) is 7.28. The molecule has 30 heavy (non-hydrogen) atoms. The van der Waals surface area contributed by atoms with E-state index < -0.39 is 0 Å². The van der Waals surface area contributed by atoms with E-state index in [-0.39, 0.29) is 17.2 Å². The predicted octanol–water partition coefficient (Wildman–Crippen LogP) is 3.10. The molecule has 0 bridgehead atoms. The van der Waals surface area contributed by atoms with Gasteiger partial charge in [0.15, 0.2) is 5.16 Å². The van der Waals surface area contributed by atoms with E-state index in [9.17, 15) is 9.59 Å². The van der Waals surface area contributed by atoms with Crippen LogP contribution in [-0.2, 0) is 17.0 Å². The van der Waals surface area contributed by atoms with Crippen LogP contribution in [0.2, 0.25) is 0 Å². The van der Waals surface area contributed by atoms with Crippen LogP contribution in [0.3, 0.4) is 0 Å². The normalized spacial score (nSPS) is 16.5. The third-order valence-electron chi connectivity index (χ3n) is 5.24. The largest absolute Gasteiger partial charge is 0.376 e. The van der Waals surface area contributed by atoms with Gasteiger partial charge in [0.05, 0.1) is 40.2 Å². The predicted molar refractivity (Wildman–Crippen MR) is 117 cm³/mol. The number of aromatic amines is 1. The van der Waals surface area contributed by atoms with Gasteiger partial charge in [-0.3, -0.25) is 14.2 Å². The minimum absolute atomic E-state index is 0.0172. The zero-order valence-corrected chi connectivity index (χ0v) is 17.0. The van der Waals surface area contributed by atoms with E-state index in [1.165, 1.54) is 11.8 Å². The first-order valence-electron chi connectivity index (χ1n) is 9.91. The third kappa shape index (κ3) is 3.64. The molecule has 3 heterocycles. The Hall–Kier alpha value is -2.97.